The van der Waals surface area contributed by atoms with Gasteiger partial charge in [0.15, 0.2) is 0 Å². The van der Waals surface area contributed by atoms with E-state index in [1.807, 2.05) is 6.07 Å². The van der Waals surface area contributed by atoms with Crippen LogP contribution < -0.4 is 10.0 Å². The normalized spacial score (nSPS) is 16.9. The van der Waals surface area contributed by atoms with Crippen LogP contribution in [0.1, 0.15) is 31.7 Å². The standard InChI is InChI=1S/C14H22N2O3S/c1-3-11(15-12-5-6-12)8-10-4-7-14(17)13(9-10)16-20(2,18)19/h4,7,9,11-12,15-17H,3,5-6,8H2,1-2H3. The molecular formula is C14H22N2O3S. The number of nitrogens with one attached hydrogen (secondary N) is 2. The van der Waals surface area contributed by atoms with Crippen LogP contribution in [0, 0.1) is 0 Å². The van der Waals surface area contributed by atoms with Gasteiger partial charge in [0.05, 0.1) is 11.9 Å². The topological polar surface area (TPSA) is 78.4 Å². The van der Waals surface area contributed by atoms with Crippen LogP contribution in [0.2, 0.25) is 0 Å². The Morgan fingerprint density at radius 3 is 2.65 bits per heavy atom. The second kappa shape index (κ2) is 6.01. The molecule has 20 heavy (non-hydrogen) atoms. The van der Waals surface area contributed by atoms with Crippen molar-refractivity contribution in [2.45, 2.75) is 44.7 Å². The first-order valence-corrected chi connectivity index (χ1v) is 8.82. The molecule has 1 aromatic carbocycles. The molecule has 0 aliphatic heterocycles. The molecule has 3 N–H and O–H groups in total. The van der Waals surface area contributed by atoms with Gasteiger partial charge >= 0.3 is 0 Å². The van der Waals surface area contributed by atoms with Gasteiger partial charge in [0.1, 0.15) is 5.75 Å². The van der Waals surface area contributed by atoms with Crippen molar-refractivity contribution in [2.24, 2.45) is 0 Å². The summed E-state index contributed by atoms with van der Waals surface area (Å²) < 4.78 is 24.9. The number of phenolic OH excluding ortho intramolecular Hbond substituents is 1. The van der Waals surface area contributed by atoms with Crippen LogP contribution in [-0.2, 0) is 16.4 Å². The summed E-state index contributed by atoms with van der Waals surface area (Å²) in [5.41, 5.74) is 1.25. The first-order chi connectivity index (χ1) is 9.37. The summed E-state index contributed by atoms with van der Waals surface area (Å²) in [7, 11) is -3.39. The van der Waals surface area contributed by atoms with Gasteiger partial charge in [-0.3, -0.25) is 4.72 Å². The van der Waals surface area contributed by atoms with Crippen molar-refractivity contribution in [3.05, 3.63) is 23.8 Å². The fraction of sp³-hybridized carbons (Fsp3) is 0.571. The monoisotopic (exact) mass is 298 g/mol. The average molecular weight is 298 g/mol. The average Bonchev–Trinajstić information content (AvgIpc) is 3.14. The van der Waals surface area contributed by atoms with E-state index >= 15 is 0 Å². The van der Waals surface area contributed by atoms with Gasteiger partial charge in [0.2, 0.25) is 10.0 Å². The molecule has 1 unspecified atom stereocenters. The van der Waals surface area contributed by atoms with E-state index in [1.165, 1.54) is 18.9 Å². The molecule has 1 fully saturated rings. The number of aromatic hydroxyl groups is 1. The summed E-state index contributed by atoms with van der Waals surface area (Å²) in [5.74, 6) is -0.0534. The molecule has 1 saturated carbocycles. The molecule has 1 atom stereocenters. The van der Waals surface area contributed by atoms with E-state index < -0.39 is 10.0 Å². The second-order valence-corrected chi connectivity index (χ2v) is 7.22. The number of rotatable bonds is 7. The van der Waals surface area contributed by atoms with E-state index in [9.17, 15) is 13.5 Å². The third-order valence-corrected chi connectivity index (χ3v) is 3.97. The number of hydrogen-bond donors (Lipinski definition) is 3. The Morgan fingerprint density at radius 2 is 2.10 bits per heavy atom. The van der Waals surface area contributed by atoms with Crippen molar-refractivity contribution in [2.75, 3.05) is 11.0 Å². The van der Waals surface area contributed by atoms with Gasteiger partial charge in [-0.2, -0.15) is 0 Å². The van der Waals surface area contributed by atoms with E-state index in [4.69, 9.17) is 0 Å². The molecular weight excluding hydrogens is 276 g/mol. The highest BCUT2D eigenvalue weighted by Gasteiger charge is 2.24. The van der Waals surface area contributed by atoms with Gasteiger partial charge in [-0.25, -0.2) is 8.42 Å². The van der Waals surface area contributed by atoms with Gasteiger partial charge in [0, 0.05) is 12.1 Å². The largest absolute Gasteiger partial charge is 0.506 e. The molecule has 5 nitrogen and oxygen atoms in total. The maximum atomic E-state index is 11.3. The summed E-state index contributed by atoms with van der Waals surface area (Å²) in [4.78, 5) is 0. The third kappa shape index (κ3) is 4.68. The molecule has 1 aromatic rings. The zero-order chi connectivity index (χ0) is 14.8. The molecule has 0 radical (unpaired) electrons. The van der Waals surface area contributed by atoms with Crippen LogP contribution in [0.5, 0.6) is 5.75 Å². The Bertz CT molecular complexity index is 568. The second-order valence-electron chi connectivity index (χ2n) is 5.48. The molecule has 0 heterocycles. The lowest BCUT2D eigenvalue weighted by Gasteiger charge is -2.17. The first-order valence-electron chi connectivity index (χ1n) is 6.93. The molecule has 6 heteroatoms. The number of phenols is 1. The highest BCUT2D eigenvalue weighted by Crippen LogP contribution is 2.26. The Kier molecular flexibility index (Phi) is 4.55. The van der Waals surface area contributed by atoms with E-state index in [0.717, 1.165) is 24.7 Å². The lowest BCUT2D eigenvalue weighted by atomic mass is 10.0. The van der Waals surface area contributed by atoms with Gasteiger partial charge in [-0.05, 0) is 43.4 Å². The van der Waals surface area contributed by atoms with Crippen molar-refractivity contribution in [3.8, 4) is 5.75 Å². The van der Waals surface area contributed by atoms with Crippen molar-refractivity contribution in [3.63, 3.8) is 0 Å². The summed E-state index contributed by atoms with van der Waals surface area (Å²) in [6, 6.07) is 6.10. The van der Waals surface area contributed by atoms with Gasteiger partial charge in [0.25, 0.3) is 0 Å². The van der Waals surface area contributed by atoms with E-state index in [0.29, 0.717) is 12.1 Å². The number of hydrogen-bond acceptors (Lipinski definition) is 4. The van der Waals surface area contributed by atoms with Crippen molar-refractivity contribution >= 4 is 15.7 Å². The number of anilines is 1. The molecule has 0 saturated heterocycles. The van der Waals surface area contributed by atoms with E-state index in [1.54, 1.807) is 6.07 Å². The van der Waals surface area contributed by atoms with Crippen molar-refractivity contribution in [1.29, 1.82) is 0 Å². The van der Waals surface area contributed by atoms with Crippen LogP contribution in [0.15, 0.2) is 18.2 Å². The molecule has 2 rings (SSSR count). The van der Waals surface area contributed by atoms with Crippen LogP contribution in [0.25, 0.3) is 0 Å². The number of benzene rings is 1. The van der Waals surface area contributed by atoms with Crippen LogP contribution in [0.3, 0.4) is 0 Å². The fourth-order valence-corrected chi connectivity index (χ4v) is 2.74. The highest BCUT2D eigenvalue weighted by atomic mass is 32.2. The zero-order valence-corrected chi connectivity index (χ0v) is 12.7. The predicted molar refractivity (Wildman–Crippen MR) is 80.5 cm³/mol. The SMILES string of the molecule is CCC(Cc1ccc(O)c(NS(C)(=O)=O)c1)NC1CC1. The quantitative estimate of drug-likeness (QED) is 0.671. The van der Waals surface area contributed by atoms with E-state index in [-0.39, 0.29) is 11.4 Å². The van der Waals surface area contributed by atoms with E-state index in [2.05, 4.69) is 17.0 Å². The Balaban J connectivity index is 2.09. The molecule has 1 aliphatic rings. The molecule has 0 aromatic heterocycles. The summed E-state index contributed by atoms with van der Waals surface area (Å²) in [5, 5.41) is 13.3. The van der Waals surface area contributed by atoms with Crippen LogP contribution in [0.4, 0.5) is 5.69 Å². The zero-order valence-electron chi connectivity index (χ0n) is 11.9. The molecule has 0 bridgehead atoms. The minimum absolute atomic E-state index is 0.0534. The van der Waals surface area contributed by atoms with Gasteiger partial charge < -0.3 is 10.4 Å². The highest BCUT2D eigenvalue weighted by molar-refractivity contribution is 7.92. The molecule has 0 spiro atoms. The minimum atomic E-state index is -3.39. The lowest BCUT2D eigenvalue weighted by molar-refractivity contribution is 0.475. The smallest absolute Gasteiger partial charge is 0.229 e. The van der Waals surface area contributed by atoms with Gasteiger partial charge in [-0.15, -0.1) is 0 Å². The molecule has 0 amide bonds. The Morgan fingerprint density at radius 1 is 1.40 bits per heavy atom. The first kappa shape index (κ1) is 15.1. The number of sulfonamides is 1. The predicted octanol–water partition coefficient (Wildman–Crippen LogP) is 1.84. The maximum Gasteiger partial charge on any atom is 0.229 e. The van der Waals surface area contributed by atoms with Gasteiger partial charge in [-0.1, -0.05) is 13.0 Å². The maximum absolute atomic E-state index is 11.3. The van der Waals surface area contributed by atoms with Crippen LogP contribution in [-0.4, -0.2) is 31.9 Å². The van der Waals surface area contributed by atoms with Crippen molar-refractivity contribution < 1.29 is 13.5 Å². The Labute approximate surface area is 120 Å². The molecule has 112 valence electrons. The van der Waals surface area contributed by atoms with Crippen molar-refractivity contribution in [1.82, 2.24) is 5.32 Å². The Hall–Kier alpha value is -1.27. The molecule has 1 aliphatic carbocycles. The fourth-order valence-electron chi connectivity index (χ4n) is 2.18. The third-order valence-electron chi connectivity index (χ3n) is 3.38. The summed E-state index contributed by atoms with van der Waals surface area (Å²) >= 11 is 0. The lowest BCUT2D eigenvalue weighted by Crippen LogP contribution is -2.32. The minimum Gasteiger partial charge on any atom is -0.506 e. The van der Waals surface area contributed by atoms with Crippen LogP contribution >= 0.6 is 0 Å². The summed E-state index contributed by atoms with van der Waals surface area (Å²) in [6.45, 7) is 2.14. The summed E-state index contributed by atoms with van der Waals surface area (Å²) in [6.07, 6.45) is 5.40.